The normalized spacial score (nSPS) is 15.6. The average Bonchev–Trinajstić information content (AvgIpc) is 2.73. The van der Waals surface area contributed by atoms with E-state index in [2.05, 4.69) is 36.4 Å². The van der Waals surface area contributed by atoms with E-state index < -0.39 is 0 Å². The third kappa shape index (κ3) is 4.56. The van der Waals surface area contributed by atoms with Crippen molar-refractivity contribution in [3.05, 3.63) is 47.0 Å². The average molecular weight is 253 g/mol. The molecule has 0 bridgehead atoms. The highest BCUT2D eigenvalue weighted by Gasteiger charge is 2.11. The Hall–Kier alpha value is -1.55. The minimum atomic E-state index is 0.658. The molecule has 0 aromatic heterocycles. The highest BCUT2D eigenvalue weighted by Crippen LogP contribution is 2.28. The first kappa shape index (κ1) is 13.9. The molecular weight excluding hydrogens is 230 g/mol. The molecule has 0 N–H and O–H groups in total. The minimum Gasteiger partial charge on any atom is -0.198 e. The van der Waals surface area contributed by atoms with Crippen molar-refractivity contribution in [2.45, 2.75) is 57.8 Å². The van der Waals surface area contributed by atoms with Gasteiger partial charge in [0.05, 0.1) is 6.07 Å². The number of hydrogen-bond donors (Lipinski definition) is 0. The molecule has 0 unspecified atom stereocenters. The molecule has 1 fully saturated rings. The van der Waals surface area contributed by atoms with Gasteiger partial charge in [-0.2, -0.15) is 5.26 Å². The van der Waals surface area contributed by atoms with Crippen LogP contribution in [0.3, 0.4) is 0 Å². The van der Waals surface area contributed by atoms with Gasteiger partial charge in [-0.1, -0.05) is 54.3 Å². The van der Waals surface area contributed by atoms with Gasteiger partial charge in [-0.25, -0.2) is 0 Å². The van der Waals surface area contributed by atoms with Gasteiger partial charge in [0.1, 0.15) is 0 Å². The number of rotatable bonds is 4. The molecule has 1 aromatic rings. The summed E-state index contributed by atoms with van der Waals surface area (Å²) < 4.78 is 0. The van der Waals surface area contributed by atoms with Crippen LogP contribution in [-0.4, -0.2) is 0 Å². The van der Waals surface area contributed by atoms with Crippen molar-refractivity contribution in [1.29, 1.82) is 5.26 Å². The van der Waals surface area contributed by atoms with Gasteiger partial charge in [0.25, 0.3) is 0 Å². The molecule has 1 heteroatoms. The van der Waals surface area contributed by atoms with Gasteiger partial charge < -0.3 is 0 Å². The fourth-order valence-corrected chi connectivity index (χ4v) is 2.95. The van der Waals surface area contributed by atoms with E-state index in [1.54, 1.807) is 5.57 Å². The Balaban J connectivity index is 2.14. The van der Waals surface area contributed by atoms with Crippen molar-refractivity contribution >= 4 is 0 Å². The molecule has 0 amide bonds. The van der Waals surface area contributed by atoms with Crippen molar-refractivity contribution in [2.24, 2.45) is 0 Å². The van der Waals surface area contributed by atoms with E-state index in [1.807, 2.05) is 0 Å². The summed E-state index contributed by atoms with van der Waals surface area (Å²) in [6.45, 7) is 0. The van der Waals surface area contributed by atoms with Gasteiger partial charge in [-0.05, 0) is 44.1 Å². The Morgan fingerprint density at radius 1 is 1.00 bits per heavy atom. The summed E-state index contributed by atoms with van der Waals surface area (Å²) in [5, 5.41) is 8.86. The van der Waals surface area contributed by atoms with E-state index in [-0.39, 0.29) is 0 Å². The maximum atomic E-state index is 8.86. The number of benzene rings is 1. The predicted octanol–water partition coefficient (Wildman–Crippen LogP) is 5.18. The summed E-state index contributed by atoms with van der Waals surface area (Å²) in [5.74, 6) is 0. The molecular formula is C18H23N. The summed E-state index contributed by atoms with van der Waals surface area (Å²) in [5.41, 5.74) is 4.57. The van der Waals surface area contributed by atoms with Gasteiger partial charge >= 0.3 is 0 Å². The molecule has 0 atom stereocenters. The molecule has 0 heterocycles. The second-order valence-corrected chi connectivity index (χ2v) is 5.44. The third-order valence-electron chi connectivity index (χ3n) is 4.01. The van der Waals surface area contributed by atoms with Crippen LogP contribution in [0, 0.1) is 11.3 Å². The summed E-state index contributed by atoms with van der Waals surface area (Å²) in [7, 11) is 0. The molecule has 0 saturated heterocycles. The monoisotopic (exact) mass is 253 g/mol. The molecule has 2 rings (SSSR count). The van der Waals surface area contributed by atoms with Crippen LogP contribution in [-0.2, 0) is 6.42 Å². The van der Waals surface area contributed by atoms with Crippen molar-refractivity contribution in [1.82, 2.24) is 0 Å². The molecule has 100 valence electrons. The van der Waals surface area contributed by atoms with Crippen LogP contribution >= 0.6 is 0 Å². The number of hydrogen-bond acceptors (Lipinski definition) is 1. The van der Waals surface area contributed by atoms with E-state index >= 15 is 0 Å². The maximum Gasteiger partial charge on any atom is 0.0625 e. The lowest BCUT2D eigenvalue weighted by atomic mass is 9.92. The van der Waals surface area contributed by atoms with E-state index in [0.717, 1.165) is 12.8 Å². The lowest BCUT2D eigenvalue weighted by Gasteiger charge is -2.13. The molecule has 0 spiro atoms. The second kappa shape index (κ2) is 7.79. The van der Waals surface area contributed by atoms with Crippen molar-refractivity contribution < 1.29 is 0 Å². The zero-order valence-corrected chi connectivity index (χ0v) is 11.7. The fraction of sp³-hybridized carbons (Fsp3) is 0.500. The first-order valence-corrected chi connectivity index (χ1v) is 7.51. The van der Waals surface area contributed by atoms with Crippen LogP contribution in [0.15, 0.2) is 41.5 Å². The summed E-state index contributed by atoms with van der Waals surface area (Å²) in [6, 6.07) is 13.0. The fourth-order valence-electron chi connectivity index (χ4n) is 2.95. The Morgan fingerprint density at radius 3 is 2.32 bits per heavy atom. The summed E-state index contributed by atoms with van der Waals surface area (Å²) in [6.07, 6.45) is 10.6. The number of allylic oxidation sites excluding steroid dienone is 2. The number of nitrogens with zero attached hydrogens (tertiary/aromatic N) is 1. The molecule has 1 aromatic carbocycles. The Labute approximate surface area is 117 Å². The SMILES string of the molecule is N#CCCC(Cc1ccccc1)=C1CCCCCC1. The summed E-state index contributed by atoms with van der Waals surface area (Å²) in [4.78, 5) is 0. The quantitative estimate of drug-likeness (QED) is 0.535. The van der Waals surface area contributed by atoms with E-state index in [9.17, 15) is 0 Å². The first-order chi connectivity index (χ1) is 9.40. The lowest BCUT2D eigenvalue weighted by Crippen LogP contribution is -1.97. The van der Waals surface area contributed by atoms with E-state index in [4.69, 9.17) is 5.26 Å². The highest BCUT2D eigenvalue weighted by molar-refractivity contribution is 5.26. The van der Waals surface area contributed by atoms with Crippen LogP contribution in [0.25, 0.3) is 0 Å². The molecule has 1 aliphatic carbocycles. The van der Waals surface area contributed by atoms with Crippen molar-refractivity contribution in [2.75, 3.05) is 0 Å². The molecule has 1 nitrogen and oxygen atoms in total. The van der Waals surface area contributed by atoms with Crippen LogP contribution in [0.2, 0.25) is 0 Å². The molecule has 0 aliphatic heterocycles. The topological polar surface area (TPSA) is 23.8 Å². The zero-order valence-electron chi connectivity index (χ0n) is 11.7. The van der Waals surface area contributed by atoms with Crippen molar-refractivity contribution in [3.8, 4) is 6.07 Å². The van der Waals surface area contributed by atoms with E-state index in [0.29, 0.717) is 6.42 Å². The minimum absolute atomic E-state index is 0.658. The predicted molar refractivity (Wildman–Crippen MR) is 79.7 cm³/mol. The standard InChI is InChI=1S/C18H23N/c19-14-8-13-18(15-16-9-4-3-5-10-16)17-11-6-1-2-7-12-17/h3-5,9-10H,1-2,6-8,11-13,15H2. The van der Waals surface area contributed by atoms with Crippen LogP contribution < -0.4 is 0 Å². The maximum absolute atomic E-state index is 8.86. The lowest BCUT2D eigenvalue weighted by molar-refractivity contribution is 0.702. The van der Waals surface area contributed by atoms with Gasteiger partial charge in [0, 0.05) is 6.42 Å². The summed E-state index contributed by atoms with van der Waals surface area (Å²) >= 11 is 0. The molecule has 1 saturated carbocycles. The van der Waals surface area contributed by atoms with Crippen molar-refractivity contribution in [3.63, 3.8) is 0 Å². The van der Waals surface area contributed by atoms with Gasteiger partial charge in [-0.15, -0.1) is 0 Å². The van der Waals surface area contributed by atoms with Crippen LogP contribution in [0.4, 0.5) is 0 Å². The van der Waals surface area contributed by atoms with Gasteiger partial charge in [0.15, 0.2) is 0 Å². The van der Waals surface area contributed by atoms with Gasteiger partial charge in [0.2, 0.25) is 0 Å². The molecule has 1 aliphatic rings. The first-order valence-electron chi connectivity index (χ1n) is 7.51. The zero-order chi connectivity index (χ0) is 13.3. The number of nitriles is 1. The second-order valence-electron chi connectivity index (χ2n) is 5.44. The van der Waals surface area contributed by atoms with Gasteiger partial charge in [-0.3, -0.25) is 0 Å². The Kier molecular flexibility index (Phi) is 5.69. The highest BCUT2D eigenvalue weighted by atomic mass is 14.2. The van der Waals surface area contributed by atoms with Crippen LogP contribution in [0.1, 0.15) is 56.9 Å². The largest absolute Gasteiger partial charge is 0.198 e. The third-order valence-corrected chi connectivity index (χ3v) is 4.01. The molecule has 19 heavy (non-hydrogen) atoms. The Bertz CT molecular complexity index is 440. The van der Waals surface area contributed by atoms with Crippen LogP contribution in [0.5, 0.6) is 0 Å². The Morgan fingerprint density at radius 2 is 1.68 bits per heavy atom. The van der Waals surface area contributed by atoms with E-state index in [1.165, 1.54) is 49.7 Å². The molecule has 0 radical (unpaired) electrons. The smallest absolute Gasteiger partial charge is 0.0625 e.